The molecule has 2 unspecified atom stereocenters. The minimum atomic E-state index is 0.0140. The molecular formula is C21H30N2O2S. The van der Waals surface area contributed by atoms with Crippen molar-refractivity contribution in [3.63, 3.8) is 0 Å². The molecule has 0 spiro atoms. The number of nitrogens with one attached hydrogen (secondary N) is 1. The van der Waals surface area contributed by atoms with Crippen LogP contribution in [0.4, 0.5) is 0 Å². The number of nitrogens with zero attached hydrogens (tertiary/aromatic N) is 1. The summed E-state index contributed by atoms with van der Waals surface area (Å²) in [6, 6.07) is 0. The zero-order valence-corrected chi connectivity index (χ0v) is 16.4. The Bertz CT molecular complexity index is 663. The van der Waals surface area contributed by atoms with E-state index in [1.807, 2.05) is 0 Å². The lowest BCUT2D eigenvalue weighted by atomic mass is 9.87. The van der Waals surface area contributed by atoms with Crippen LogP contribution in [0, 0.1) is 11.8 Å². The van der Waals surface area contributed by atoms with Gasteiger partial charge in [0.25, 0.3) is 0 Å². The summed E-state index contributed by atoms with van der Waals surface area (Å²) in [5, 5.41) is 23.8. The van der Waals surface area contributed by atoms with Gasteiger partial charge in [0.2, 0.25) is 0 Å². The summed E-state index contributed by atoms with van der Waals surface area (Å²) in [4.78, 5) is 2.19. The number of hydrogen-bond acceptors (Lipinski definition) is 3. The first-order chi connectivity index (χ1) is 12.5. The van der Waals surface area contributed by atoms with Crippen molar-refractivity contribution in [2.75, 3.05) is 19.6 Å². The molecule has 4 nitrogen and oxygen atoms in total. The van der Waals surface area contributed by atoms with Crippen LogP contribution >= 0.6 is 12.2 Å². The van der Waals surface area contributed by atoms with Gasteiger partial charge in [-0.3, -0.25) is 0 Å². The molecule has 5 heteroatoms. The fourth-order valence-electron chi connectivity index (χ4n) is 3.87. The summed E-state index contributed by atoms with van der Waals surface area (Å²) in [6.07, 6.45) is 14.6. The third kappa shape index (κ3) is 4.91. The number of aliphatic hydroxyl groups is 2. The molecular weight excluding hydrogens is 344 g/mol. The molecule has 2 atom stereocenters. The smallest absolute Gasteiger partial charge is 0.169 e. The van der Waals surface area contributed by atoms with E-state index < -0.39 is 0 Å². The Morgan fingerprint density at radius 2 is 2.23 bits per heavy atom. The molecule has 3 rings (SSSR count). The highest BCUT2D eigenvalue weighted by Crippen LogP contribution is 2.33. The number of thiocarbonyl (C=S) groups is 1. The maximum atomic E-state index is 9.82. The maximum absolute atomic E-state index is 9.82. The van der Waals surface area contributed by atoms with Crippen molar-refractivity contribution in [1.29, 1.82) is 0 Å². The number of hydrogen-bond donors (Lipinski definition) is 3. The zero-order chi connectivity index (χ0) is 18.5. The van der Waals surface area contributed by atoms with Crippen molar-refractivity contribution in [3.8, 4) is 0 Å². The molecule has 0 aromatic heterocycles. The summed E-state index contributed by atoms with van der Waals surface area (Å²) in [6.45, 7) is 4.78. The van der Waals surface area contributed by atoms with Crippen LogP contribution in [0.1, 0.15) is 45.4 Å². The Labute approximate surface area is 162 Å². The highest BCUT2D eigenvalue weighted by Gasteiger charge is 2.27. The van der Waals surface area contributed by atoms with Gasteiger partial charge in [0, 0.05) is 26.1 Å². The van der Waals surface area contributed by atoms with E-state index in [4.69, 9.17) is 12.2 Å². The van der Waals surface area contributed by atoms with E-state index in [0.29, 0.717) is 18.3 Å². The highest BCUT2D eigenvalue weighted by molar-refractivity contribution is 7.80. The maximum Gasteiger partial charge on any atom is 0.169 e. The molecule has 1 heterocycles. The fraction of sp³-hybridized carbons (Fsp3) is 0.571. The largest absolute Gasteiger partial charge is 0.508 e. The third-order valence-electron chi connectivity index (χ3n) is 5.53. The summed E-state index contributed by atoms with van der Waals surface area (Å²) in [7, 11) is 0. The van der Waals surface area contributed by atoms with Crippen molar-refractivity contribution in [2.45, 2.75) is 45.4 Å². The van der Waals surface area contributed by atoms with Crippen LogP contribution in [0.2, 0.25) is 0 Å². The van der Waals surface area contributed by atoms with Gasteiger partial charge in [-0.2, -0.15) is 0 Å². The average Bonchev–Trinajstić information content (AvgIpc) is 2.83. The second-order valence-electron chi connectivity index (χ2n) is 7.70. The van der Waals surface area contributed by atoms with Crippen molar-refractivity contribution < 1.29 is 10.2 Å². The topological polar surface area (TPSA) is 55.7 Å². The Morgan fingerprint density at radius 1 is 1.38 bits per heavy atom. The van der Waals surface area contributed by atoms with Crippen molar-refractivity contribution in [3.05, 3.63) is 47.0 Å². The molecule has 0 aromatic carbocycles. The standard InChI is InChI=1S/C21H30N2O2S/c1-15-6-8-16(9-7-15)4-2-10-22-21(26)23-11-3-5-17-12-19(24)20(25)13-18(17)14-23/h6,8-9,13,15,17,24-25H,2-5,7,10-12,14H2,1H3,(H,22,26). The van der Waals surface area contributed by atoms with Crippen LogP contribution in [0.15, 0.2) is 47.0 Å². The number of rotatable bonds is 4. The monoisotopic (exact) mass is 374 g/mol. The lowest BCUT2D eigenvalue weighted by Gasteiger charge is -2.27. The van der Waals surface area contributed by atoms with Crippen LogP contribution in [0.5, 0.6) is 0 Å². The third-order valence-corrected chi connectivity index (χ3v) is 5.93. The van der Waals surface area contributed by atoms with Gasteiger partial charge in [-0.05, 0) is 67.8 Å². The van der Waals surface area contributed by atoms with Crippen molar-refractivity contribution in [1.82, 2.24) is 10.2 Å². The summed E-state index contributed by atoms with van der Waals surface area (Å²) >= 11 is 5.60. The van der Waals surface area contributed by atoms with Crippen LogP contribution in [0.3, 0.4) is 0 Å². The van der Waals surface area contributed by atoms with Crippen LogP contribution in [-0.2, 0) is 0 Å². The second-order valence-corrected chi connectivity index (χ2v) is 8.09. The fourth-order valence-corrected chi connectivity index (χ4v) is 4.12. The molecule has 1 fully saturated rings. The van der Waals surface area contributed by atoms with E-state index >= 15 is 0 Å². The zero-order valence-electron chi connectivity index (χ0n) is 15.6. The Balaban J connectivity index is 1.46. The van der Waals surface area contributed by atoms with E-state index in [-0.39, 0.29) is 11.5 Å². The van der Waals surface area contributed by atoms with E-state index in [1.54, 1.807) is 6.08 Å². The van der Waals surface area contributed by atoms with E-state index in [0.717, 1.165) is 56.9 Å². The molecule has 0 bridgehead atoms. The second kappa shape index (κ2) is 8.76. The number of allylic oxidation sites excluding steroid dienone is 6. The SMILES string of the molecule is CC1C=CC(CCCNC(=S)N2CCCC3CC(O)=C(O)C=C3C2)=CC1. The number of fused-ring (bicyclic) bond motifs is 1. The molecule has 0 saturated carbocycles. The summed E-state index contributed by atoms with van der Waals surface area (Å²) in [5.41, 5.74) is 2.61. The van der Waals surface area contributed by atoms with Gasteiger partial charge in [-0.15, -0.1) is 0 Å². The lowest BCUT2D eigenvalue weighted by molar-refractivity contribution is 0.295. The molecule has 26 heavy (non-hydrogen) atoms. The van der Waals surface area contributed by atoms with Gasteiger partial charge in [0.05, 0.1) is 0 Å². The van der Waals surface area contributed by atoms with Crippen molar-refractivity contribution >= 4 is 17.3 Å². The van der Waals surface area contributed by atoms with Gasteiger partial charge < -0.3 is 20.4 Å². The number of aliphatic hydroxyl groups excluding tert-OH is 2. The van der Waals surface area contributed by atoms with E-state index in [1.165, 1.54) is 11.1 Å². The normalized spacial score (nSPS) is 26.0. The molecule has 142 valence electrons. The van der Waals surface area contributed by atoms with Gasteiger partial charge in [0.15, 0.2) is 10.9 Å². The Hall–Kier alpha value is -1.75. The molecule has 0 aromatic rings. The minimum absolute atomic E-state index is 0.0140. The molecule has 3 aliphatic rings. The summed E-state index contributed by atoms with van der Waals surface area (Å²) < 4.78 is 0. The first-order valence-corrected chi connectivity index (χ1v) is 10.2. The lowest BCUT2D eigenvalue weighted by Crippen LogP contribution is -2.41. The quantitative estimate of drug-likeness (QED) is 0.498. The van der Waals surface area contributed by atoms with Gasteiger partial charge in [0.1, 0.15) is 5.76 Å². The number of likely N-dealkylation sites (tertiary alicyclic amines) is 1. The molecule has 2 aliphatic carbocycles. The van der Waals surface area contributed by atoms with Gasteiger partial charge in [-0.25, -0.2) is 0 Å². The Morgan fingerprint density at radius 3 is 3.00 bits per heavy atom. The summed E-state index contributed by atoms with van der Waals surface area (Å²) in [5.74, 6) is 1.13. The van der Waals surface area contributed by atoms with Crippen LogP contribution in [0.25, 0.3) is 0 Å². The molecule has 0 radical (unpaired) electrons. The minimum Gasteiger partial charge on any atom is -0.508 e. The first-order valence-electron chi connectivity index (χ1n) is 9.74. The molecule has 1 aliphatic heterocycles. The molecule has 1 saturated heterocycles. The van der Waals surface area contributed by atoms with Gasteiger partial charge in [-0.1, -0.05) is 30.7 Å². The molecule has 0 amide bonds. The van der Waals surface area contributed by atoms with Gasteiger partial charge >= 0.3 is 0 Å². The van der Waals surface area contributed by atoms with Crippen LogP contribution in [-0.4, -0.2) is 39.9 Å². The first kappa shape index (κ1) is 19.0. The van der Waals surface area contributed by atoms with E-state index in [9.17, 15) is 10.2 Å². The van der Waals surface area contributed by atoms with E-state index in [2.05, 4.69) is 35.4 Å². The average molecular weight is 375 g/mol. The van der Waals surface area contributed by atoms with Crippen molar-refractivity contribution in [2.24, 2.45) is 11.8 Å². The van der Waals surface area contributed by atoms with Crippen LogP contribution < -0.4 is 5.32 Å². The molecule has 3 N–H and O–H groups in total. The Kier molecular flexibility index (Phi) is 6.41. The highest BCUT2D eigenvalue weighted by atomic mass is 32.1. The predicted molar refractivity (Wildman–Crippen MR) is 110 cm³/mol. The predicted octanol–water partition coefficient (Wildman–Crippen LogP) is 4.53.